The Kier molecular flexibility index (Phi) is 6.34. The monoisotopic (exact) mass is 369 g/mol. The van der Waals surface area contributed by atoms with Gasteiger partial charge in [-0.15, -0.1) is 11.8 Å². The van der Waals surface area contributed by atoms with Crippen LogP contribution < -0.4 is 5.32 Å². The van der Waals surface area contributed by atoms with Crippen LogP contribution in [0.25, 0.3) is 11.1 Å². The van der Waals surface area contributed by atoms with Crippen LogP contribution in [0.15, 0.2) is 42.5 Å². The van der Waals surface area contributed by atoms with Gasteiger partial charge in [-0.1, -0.05) is 42.5 Å². The minimum atomic E-state index is -0.821. The molecule has 0 radical (unpaired) electrons. The van der Waals surface area contributed by atoms with Crippen molar-refractivity contribution in [3.63, 3.8) is 0 Å². The summed E-state index contributed by atoms with van der Waals surface area (Å²) in [6.45, 7) is 0.520. The van der Waals surface area contributed by atoms with Crippen molar-refractivity contribution in [1.29, 1.82) is 0 Å². The normalized spacial score (nSPS) is 11.7. The van der Waals surface area contributed by atoms with Gasteiger partial charge in [-0.2, -0.15) is 0 Å². The molecule has 0 saturated heterocycles. The maximum atomic E-state index is 11.8. The molecule has 0 spiro atoms. The summed E-state index contributed by atoms with van der Waals surface area (Å²) >= 11 is 1.32. The van der Waals surface area contributed by atoms with Crippen LogP contribution in [0.4, 0.5) is 0 Å². The number of carbonyl (C=O) groups is 2. The Morgan fingerprint density at radius 3 is 2.73 bits per heavy atom. The third-order valence-electron chi connectivity index (χ3n) is 4.53. The smallest absolute Gasteiger partial charge is 0.313 e. The summed E-state index contributed by atoms with van der Waals surface area (Å²) in [4.78, 5) is 22.2. The Morgan fingerprint density at radius 1 is 1.08 bits per heavy atom. The molecule has 3 rings (SSSR count). The third-order valence-corrected chi connectivity index (χ3v) is 5.47. The standard InChI is InChI=1S/C21H23NO3S/c23-20(22-10-11-26-14-21(24)25)7-3-4-15-8-9-17-13-16-5-1-2-6-18(16)19(17)12-15/h1-2,5-6,8-9,12H,3-4,7,10-11,13-14H2,(H,22,23)(H,24,25). The van der Waals surface area contributed by atoms with Crippen LogP contribution in [0.5, 0.6) is 0 Å². The van der Waals surface area contributed by atoms with Crippen molar-refractivity contribution in [3.05, 3.63) is 59.2 Å². The van der Waals surface area contributed by atoms with Crippen LogP contribution in [0.3, 0.4) is 0 Å². The van der Waals surface area contributed by atoms with Crippen molar-refractivity contribution in [3.8, 4) is 11.1 Å². The average Bonchev–Trinajstić information content (AvgIpc) is 2.99. The number of rotatable bonds is 9. The van der Waals surface area contributed by atoms with Gasteiger partial charge in [0.1, 0.15) is 0 Å². The van der Waals surface area contributed by atoms with E-state index in [2.05, 4.69) is 47.8 Å². The number of thioether (sulfide) groups is 1. The second-order valence-corrected chi connectivity index (χ2v) is 7.58. The summed E-state index contributed by atoms with van der Waals surface area (Å²) < 4.78 is 0. The maximum absolute atomic E-state index is 11.8. The molecule has 2 N–H and O–H groups in total. The lowest BCUT2D eigenvalue weighted by Gasteiger charge is -2.07. The van der Waals surface area contributed by atoms with Gasteiger partial charge in [0.05, 0.1) is 5.75 Å². The van der Waals surface area contributed by atoms with Crippen LogP contribution in [-0.4, -0.2) is 35.0 Å². The zero-order chi connectivity index (χ0) is 18.4. The molecule has 1 aliphatic rings. The Bertz CT molecular complexity index is 804. The maximum Gasteiger partial charge on any atom is 0.313 e. The molecule has 2 aromatic rings. The number of nitrogens with one attached hydrogen (secondary N) is 1. The fourth-order valence-corrected chi connectivity index (χ4v) is 3.86. The fraction of sp³-hybridized carbons (Fsp3) is 0.333. The molecule has 0 unspecified atom stereocenters. The molecule has 0 aliphatic heterocycles. The van der Waals surface area contributed by atoms with E-state index >= 15 is 0 Å². The number of carboxylic acid groups (broad SMARTS) is 1. The second kappa shape index (κ2) is 8.90. The van der Waals surface area contributed by atoms with Crippen LogP contribution in [0.1, 0.15) is 29.5 Å². The number of fused-ring (bicyclic) bond motifs is 3. The van der Waals surface area contributed by atoms with Crippen LogP contribution in [0.2, 0.25) is 0 Å². The number of benzene rings is 2. The highest BCUT2D eigenvalue weighted by atomic mass is 32.2. The number of hydrogen-bond acceptors (Lipinski definition) is 3. The minimum absolute atomic E-state index is 0.0347. The molecule has 2 aromatic carbocycles. The van der Waals surface area contributed by atoms with Crippen molar-refractivity contribution in [2.75, 3.05) is 18.1 Å². The van der Waals surface area contributed by atoms with E-state index in [1.54, 1.807) is 0 Å². The highest BCUT2D eigenvalue weighted by Gasteiger charge is 2.17. The number of carbonyl (C=O) groups excluding carboxylic acids is 1. The molecule has 1 aliphatic carbocycles. The van der Waals surface area contributed by atoms with Gasteiger partial charge in [0.2, 0.25) is 5.91 Å². The number of aryl methyl sites for hydroxylation is 1. The third kappa shape index (κ3) is 4.88. The van der Waals surface area contributed by atoms with Crippen molar-refractivity contribution >= 4 is 23.6 Å². The number of aliphatic carboxylic acids is 1. The number of carboxylic acids is 1. The molecular weight excluding hydrogens is 346 g/mol. The Morgan fingerprint density at radius 2 is 1.88 bits per heavy atom. The van der Waals surface area contributed by atoms with E-state index in [-0.39, 0.29) is 11.7 Å². The van der Waals surface area contributed by atoms with E-state index in [4.69, 9.17) is 5.11 Å². The minimum Gasteiger partial charge on any atom is -0.481 e. The van der Waals surface area contributed by atoms with Gasteiger partial charge in [0, 0.05) is 18.7 Å². The zero-order valence-corrected chi connectivity index (χ0v) is 15.5. The first-order valence-electron chi connectivity index (χ1n) is 8.90. The predicted octanol–water partition coefficient (Wildman–Crippen LogP) is 3.51. The molecule has 0 heterocycles. The van der Waals surface area contributed by atoms with E-state index in [1.165, 1.54) is 39.6 Å². The van der Waals surface area contributed by atoms with Gasteiger partial charge in [-0.3, -0.25) is 9.59 Å². The van der Waals surface area contributed by atoms with Crippen molar-refractivity contribution in [2.45, 2.75) is 25.7 Å². The summed E-state index contributed by atoms with van der Waals surface area (Å²) in [6.07, 6.45) is 3.20. The summed E-state index contributed by atoms with van der Waals surface area (Å²) in [7, 11) is 0. The molecule has 0 atom stereocenters. The molecule has 0 fully saturated rings. The first-order valence-corrected chi connectivity index (χ1v) is 10.1. The molecule has 0 saturated carbocycles. The molecule has 0 aromatic heterocycles. The lowest BCUT2D eigenvalue weighted by Crippen LogP contribution is -2.25. The predicted molar refractivity (Wildman–Crippen MR) is 106 cm³/mol. The summed E-state index contributed by atoms with van der Waals surface area (Å²) in [5.41, 5.74) is 6.70. The largest absolute Gasteiger partial charge is 0.481 e. The topological polar surface area (TPSA) is 66.4 Å². The van der Waals surface area contributed by atoms with Crippen LogP contribution >= 0.6 is 11.8 Å². The fourth-order valence-electron chi connectivity index (χ4n) is 3.29. The van der Waals surface area contributed by atoms with Gasteiger partial charge in [0.15, 0.2) is 0 Å². The van der Waals surface area contributed by atoms with Gasteiger partial charge in [-0.25, -0.2) is 0 Å². The first kappa shape index (κ1) is 18.5. The summed E-state index contributed by atoms with van der Waals surface area (Å²) in [5.74, 6) is -0.0784. The van der Waals surface area contributed by atoms with E-state index in [9.17, 15) is 9.59 Å². The number of hydrogen-bond donors (Lipinski definition) is 2. The molecule has 0 bridgehead atoms. The van der Waals surface area contributed by atoms with Crippen LogP contribution in [0, 0.1) is 0 Å². The Hall–Kier alpha value is -2.27. The lowest BCUT2D eigenvalue weighted by molar-refractivity contribution is -0.133. The molecular formula is C21H23NO3S. The lowest BCUT2D eigenvalue weighted by atomic mass is 10.00. The van der Waals surface area contributed by atoms with Gasteiger partial charge in [-0.05, 0) is 47.1 Å². The van der Waals surface area contributed by atoms with Crippen LogP contribution in [-0.2, 0) is 22.4 Å². The second-order valence-electron chi connectivity index (χ2n) is 6.48. The summed E-state index contributed by atoms with van der Waals surface area (Å²) in [5, 5.41) is 11.4. The highest BCUT2D eigenvalue weighted by Crippen LogP contribution is 2.36. The number of amides is 1. The van der Waals surface area contributed by atoms with Crippen molar-refractivity contribution in [1.82, 2.24) is 5.32 Å². The van der Waals surface area contributed by atoms with E-state index in [1.807, 2.05) is 0 Å². The quantitative estimate of drug-likeness (QED) is 0.567. The average molecular weight is 369 g/mol. The highest BCUT2D eigenvalue weighted by molar-refractivity contribution is 7.99. The van der Waals surface area contributed by atoms with Gasteiger partial charge in [0.25, 0.3) is 0 Å². The van der Waals surface area contributed by atoms with E-state index in [0.29, 0.717) is 18.7 Å². The molecule has 136 valence electrons. The Labute approximate surface area is 158 Å². The van der Waals surface area contributed by atoms with Crippen molar-refractivity contribution < 1.29 is 14.7 Å². The zero-order valence-electron chi connectivity index (χ0n) is 14.7. The molecule has 26 heavy (non-hydrogen) atoms. The Balaban J connectivity index is 1.42. The van der Waals surface area contributed by atoms with Gasteiger partial charge < -0.3 is 10.4 Å². The first-order chi connectivity index (χ1) is 12.6. The van der Waals surface area contributed by atoms with Crippen molar-refractivity contribution in [2.24, 2.45) is 0 Å². The molecule has 1 amide bonds. The SMILES string of the molecule is O=C(O)CSCCNC(=O)CCCc1ccc2c(c1)-c1ccccc1C2. The molecule has 5 heteroatoms. The summed E-state index contributed by atoms with van der Waals surface area (Å²) in [6, 6.07) is 15.2. The van der Waals surface area contributed by atoms with E-state index in [0.717, 1.165) is 19.3 Å². The molecule has 4 nitrogen and oxygen atoms in total. The van der Waals surface area contributed by atoms with Gasteiger partial charge >= 0.3 is 5.97 Å². The van der Waals surface area contributed by atoms with E-state index < -0.39 is 5.97 Å².